The van der Waals surface area contributed by atoms with Crippen LogP contribution < -0.4 is 10.1 Å². The highest BCUT2D eigenvalue weighted by Crippen LogP contribution is 2.12. The summed E-state index contributed by atoms with van der Waals surface area (Å²) in [6.45, 7) is 2.22. The van der Waals surface area contributed by atoms with Gasteiger partial charge in [-0.05, 0) is 36.8 Å². The molecule has 1 aromatic carbocycles. The van der Waals surface area contributed by atoms with E-state index in [4.69, 9.17) is 4.74 Å². The quantitative estimate of drug-likeness (QED) is 0.845. The first-order valence-electron chi connectivity index (χ1n) is 6.71. The molecule has 21 heavy (non-hydrogen) atoms. The van der Waals surface area contributed by atoms with E-state index in [-0.39, 0.29) is 19.1 Å². The van der Waals surface area contributed by atoms with Crippen LogP contribution in [0.5, 0.6) is 5.75 Å². The van der Waals surface area contributed by atoms with Gasteiger partial charge in [-0.3, -0.25) is 9.78 Å². The van der Waals surface area contributed by atoms with Crippen molar-refractivity contribution in [2.75, 3.05) is 13.2 Å². The number of aliphatic hydroxyl groups excluding tert-OH is 1. The van der Waals surface area contributed by atoms with E-state index in [1.54, 1.807) is 18.3 Å². The molecule has 1 amide bonds. The fourth-order valence-corrected chi connectivity index (χ4v) is 1.77. The molecular weight excluding hydrogens is 268 g/mol. The van der Waals surface area contributed by atoms with Gasteiger partial charge in [-0.2, -0.15) is 0 Å². The molecule has 0 spiro atoms. The van der Waals surface area contributed by atoms with Crippen LogP contribution in [-0.4, -0.2) is 35.3 Å². The minimum atomic E-state index is -0.772. The molecule has 1 atom stereocenters. The number of carbonyl (C=O) groups is 1. The van der Waals surface area contributed by atoms with Gasteiger partial charge < -0.3 is 15.2 Å². The highest BCUT2D eigenvalue weighted by Gasteiger charge is 2.09. The highest BCUT2D eigenvalue weighted by atomic mass is 16.5. The van der Waals surface area contributed by atoms with Crippen LogP contribution in [0.15, 0.2) is 48.8 Å². The summed E-state index contributed by atoms with van der Waals surface area (Å²) in [4.78, 5) is 15.6. The third-order valence-electron chi connectivity index (χ3n) is 2.85. The van der Waals surface area contributed by atoms with Gasteiger partial charge >= 0.3 is 0 Å². The third-order valence-corrected chi connectivity index (χ3v) is 2.85. The second-order valence-electron chi connectivity index (χ2n) is 4.73. The van der Waals surface area contributed by atoms with E-state index in [9.17, 15) is 9.90 Å². The number of rotatable bonds is 6. The van der Waals surface area contributed by atoms with Gasteiger partial charge in [0.25, 0.3) is 5.91 Å². The number of pyridine rings is 1. The Labute approximate surface area is 123 Å². The first-order chi connectivity index (χ1) is 10.1. The van der Waals surface area contributed by atoms with Crippen LogP contribution >= 0.6 is 0 Å². The minimum Gasteiger partial charge on any atom is -0.491 e. The van der Waals surface area contributed by atoms with Crippen LogP contribution in [0.2, 0.25) is 0 Å². The van der Waals surface area contributed by atoms with Crippen LogP contribution in [0.1, 0.15) is 15.9 Å². The SMILES string of the molecule is Cc1cccc(OCC(O)CNC(=O)c2cccnc2)c1. The largest absolute Gasteiger partial charge is 0.491 e. The second kappa shape index (κ2) is 7.40. The average Bonchev–Trinajstić information content (AvgIpc) is 2.51. The number of nitrogens with zero attached hydrogens (tertiary/aromatic N) is 1. The van der Waals surface area contributed by atoms with Gasteiger partial charge in [0, 0.05) is 18.9 Å². The molecule has 0 saturated carbocycles. The lowest BCUT2D eigenvalue weighted by Gasteiger charge is -2.13. The lowest BCUT2D eigenvalue weighted by molar-refractivity contribution is 0.0843. The van der Waals surface area contributed by atoms with E-state index in [1.165, 1.54) is 6.20 Å². The van der Waals surface area contributed by atoms with Crippen molar-refractivity contribution >= 4 is 5.91 Å². The number of ether oxygens (including phenoxy) is 1. The highest BCUT2D eigenvalue weighted by molar-refractivity contribution is 5.93. The topological polar surface area (TPSA) is 71.5 Å². The summed E-state index contributed by atoms with van der Waals surface area (Å²) in [5.74, 6) is 0.436. The molecule has 0 fully saturated rings. The molecular formula is C16H18N2O3. The van der Waals surface area contributed by atoms with Crippen molar-refractivity contribution in [3.05, 3.63) is 59.9 Å². The van der Waals surface area contributed by atoms with Gasteiger partial charge in [-0.25, -0.2) is 0 Å². The number of aryl methyl sites for hydroxylation is 1. The molecule has 0 aliphatic carbocycles. The number of benzene rings is 1. The molecule has 2 N–H and O–H groups in total. The Morgan fingerprint density at radius 1 is 1.38 bits per heavy atom. The number of aromatic nitrogens is 1. The summed E-state index contributed by atoms with van der Waals surface area (Å²) in [5.41, 5.74) is 1.55. The summed E-state index contributed by atoms with van der Waals surface area (Å²) in [6.07, 6.45) is 2.30. The number of amides is 1. The van der Waals surface area contributed by atoms with Crippen LogP contribution in [0.3, 0.4) is 0 Å². The van der Waals surface area contributed by atoms with Crippen LogP contribution in [-0.2, 0) is 0 Å². The molecule has 110 valence electrons. The molecule has 2 aromatic rings. The Hall–Kier alpha value is -2.40. The lowest BCUT2D eigenvalue weighted by atomic mass is 10.2. The van der Waals surface area contributed by atoms with Crippen LogP contribution in [0.4, 0.5) is 0 Å². The molecule has 0 bridgehead atoms. The van der Waals surface area contributed by atoms with Crippen LogP contribution in [0, 0.1) is 6.92 Å². The van der Waals surface area contributed by atoms with Gasteiger partial charge in [0.05, 0.1) is 5.56 Å². The number of hydrogen-bond acceptors (Lipinski definition) is 4. The Morgan fingerprint density at radius 3 is 2.95 bits per heavy atom. The van der Waals surface area contributed by atoms with Crippen molar-refractivity contribution in [1.29, 1.82) is 0 Å². The maximum Gasteiger partial charge on any atom is 0.252 e. The fourth-order valence-electron chi connectivity index (χ4n) is 1.77. The lowest BCUT2D eigenvalue weighted by Crippen LogP contribution is -2.35. The summed E-state index contributed by atoms with van der Waals surface area (Å²) in [7, 11) is 0. The Balaban J connectivity index is 1.75. The Morgan fingerprint density at radius 2 is 2.24 bits per heavy atom. The summed E-state index contributed by atoms with van der Waals surface area (Å²) >= 11 is 0. The molecule has 0 aliphatic rings. The van der Waals surface area contributed by atoms with Gasteiger partial charge in [0.2, 0.25) is 0 Å². The molecule has 1 unspecified atom stereocenters. The van der Waals surface area contributed by atoms with E-state index in [0.29, 0.717) is 11.3 Å². The normalized spacial score (nSPS) is 11.7. The van der Waals surface area contributed by atoms with Crippen molar-refractivity contribution in [3.8, 4) is 5.75 Å². The van der Waals surface area contributed by atoms with E-state index in [2.05, 4.69) is 10.3 Å². The second-order valence-corrected chi connectivity index (χ2v) is 4.73. The molecule has 0 radical (unpaired) electrons. The number of aliphatic hydroxyl groups is 1. The predicted octanol–water partition coefficient (Wildman–Crippen LogP) is 1.56. The van der Waals surface area contributed by atoms with Gasteiger partial charge in [-0.1, -0.05) is 12.1 Å². The van der Waals surface area contributed by atoms with Crippen molar-refractivity contribution < 1.29 is 14.6 Å². The molecule has 1 heterocycles. The van der Waals surface area contributed by atoms with Gasteiger partial charge in [0.15, 0.2) is 0 Å². The Bertz CT molecular complexity index is 587. The first kappa shape index (κ1) is 15.0. The fraction of sp³-hybridized carbons (Fsp3) is 0.250. The average molecular weight is 286 g/mol. The monoisotopic (exact) mass is 286 g/mol. The standard InChI is InChI=1S/C16H18N2O3/c1-12-4-2-6-15(8-12)21-11-14(19)10-18-16(20)13-5-3-7-17-9-13/h2-9,14,19H,10-11H2,1H3,(H,18,20). The summed E-state index contributed by atoms with van der Waals surface area (Å²) in [6, 6.07) is 10.9. The number of hydrogen-bond donors (Lipinski definition) is 2. The van der Waals surface area contributed by atoms with Gasteiger partial charge in [-0.15, -0.1) is 0 Å². The van der Waals surface area contributed by atoms with Crippen molar-refractivity contribution in [2.45, 2.75) is 13.0 Å². The zero-order valence-electron chi connectivity index (χ0n) is 11.8. The molecule has 5 nitrogen and oxygen atoms in total. The molecule has 0 saturated heterocycles. The predicted molar refractivity (Wildman–Crippen MR) is 79.3 cm³/mol. The summed E-state index contributed by atoms with van der Waals surface area (Å²) in [5, 5.41) is 12.5. The molecule has 2 rings (SSSR count). The molecule has 5 heteroatoms. The van der Waals surface area contributed by atoms with Crippen molar-refractivity contribution in [1.82, 2.24) is 10.3 Å². The van der Waals surface area contributed by atoms with Gasteiger partial charge in [0.1, 0.15) is 18.5 Å². The van der Waals surface area contributed by atoms with E-state index < -0.39 is 6.10 Å². The Kier molecular flexibility index (Phi) is 5.29. The number of carbonyl (C=O) groups excluding carboxylic acids is 1. The maximum absolute atomic E-state index is 11.8. The van der Waals surface area contributed by atoms with E-state index >= 15 is 0 Å². The zero-order valence-corrected chi connectivity index (χ0v) is 11.8. The van der Waals surface area contributed by atoms with Crippen molar-refractivity contribution in [2.24, 2.45) is 0 Å². The third kappa shape index (κ3) is 4.89. The molecule has 0 aliphatic heterocycles. The zero-order chi connectivity index (χ0) is 15.1. The van der Waals surface area contributed by atoms with E-state index in [0.717, 1.165) is 5.56 Å². The van der Waals surface area contributed by atoms with E-state index in [1.807, 2.05) is 31.2 Å². The molecule has 1 aromatic heterocycles. The minimum absolute atomic E-state index is 0.122. The maximum atomic E-state index is 11.8. The number of nitrogens with one attached hydrogen (secondary N) is 1. The first-order valence-corrected chi connectivity index (χ1v) is 6.71. The van der Waals surface area contributed by atoms with Crippen molar-refractivity contribution in [3.63, 3.8) is 0 Å². The smallest absolute Gasteiger partial charge is 0.252 e. The summed E-state index contributed by atoms with van der Waals surface area (Å²) < 4.78 is 5.47. The van der Waals surface area contributed by atoms with Crippen LogP contribution in [0.25, 0.3) is 0 Å².